The summed E-state index contributed by atoms with van der Waals surface area (Å²) in [5, 5.41) is 1.82. The van der Waals surface area contributed by atoms with Gasteiger partial charge in [0.15, 0.2) is 0 Å². The number of fused-ring (bicyclic) bond motifs is 1. The summed E-state index contributed by atoms with van der Waals surface area (Å²) in [6.45, 7) is 0. The molecule has 2 heterocycles. The smallest absolute Gasteiger partial charge is 0.234 e. The van der Waals surface area contributed by atoms with Crippen LogP contribution in [0.5, 0.6) is 5.75 Å². The standard InChI is InChI=1S/C28H29ClN2O2S/c1-33-19-6-7-23-21(11-19)25(26(30-23)20-4-2-3-5-22(20)29)27-31(24(32)15-34-27)28-12-16-8-17(13-28)10-18(9-16)14-28/h2-7,11,16-18,27,30H,8-10,12-15H2,1H3. The molecule has 1 N–H and O–H groups in total. The van der Waals surface area contributed by atoms with Gasteiger partial charge in [0.25, 0.3) is 0 Å². The fraction of sp³-hybridized carbons (Fsp3) is 0.464. The van der Waals surface area contributed by atoms with Crippen LogP contribution in [0.15, 0.2) is 42.5 Å². The Labute approximate surface area is 209 Å². The van der Waals surface area contributed by atoms with Crippen LogP contribution in [-0.2, 0) is 4.79 Å². The highest BCUT2D eigenvalue weighted by molar-refractivity contribution is 8.00. The van der Waals surface area contributed by atoms with Gasteiger partial charge >= 0.3 is 0 Å². The van der Waals surface area contributed by atoms with Gasteiger partial charge in [-0.1, -0.05) is 29.8 Å². The molecular formula is C28H29ClN2O2S. The number of halogens is 1. The molecule has 3 aromatic rings. The molecule has 1 aromatic heterocycles. The van der Waals surface area contributed by atoms with E-state index in [2.05, 4.69) is 28.1 Å². The van der Waals surface area contributed by atoms with E-state index in [0.717, 1.165) is 50.7 Å². The Hall–Kier alpha value is -2.11. The Morgan fingerprint density at radius 1 is 1.06 bits per heavy atom. The van der Waals surface area contributed by atoms with Crippen molar-refractivity contribution in [2.24, 2.45) is 17.8 Å². The largest absolute Gasteiger partial charge is 0.497 e. The number of methoxy groups -OCH3 is 1. The second-order valence-corrected chi connectivity index (χ2v) is 12.3. The maximum atomic E-state index is 13.6. The second-order valence-electron chi connectivity index (χ2n) is 10.9. The van der Waals surface area contributed by atoms with Crippen molar-refractivity contribution in [3.63, 3.8) is 0 Å². The minimum atomic E-state index is -0.0177. The molecule has 1 atom stereocenters. The fourth-order valence-corrected chi connectivity index (χ4v) is 9.53. The molecule has 2 aromatic carbocycles. The predicted octanol–water partition coefficient (Wildman–Crippen LogP) is 7.04. The minimum absolute atomic E-state index is 0.0141. The highest BCUT2D eigenvalue weighted by atomic mass is 35.5. The first-order valence-electron chi connectivity index (χ1n) is 12.4. The highest BCUT2D eigenvalue weighted by Gasteiger charge is 2.58. The Kier molecular flexibility index (Phi) is 4.80. The molecule has 5 fully saturated rings. The highest BCUT2D eigenvalue weighted by Crippen LogP contribution is 2.62. The number of amides is 1. The van der Waals surface area contributed by atoms with Gasteiger partial charge in [-0.15, -0.1) is 11.8 Å². The molecule has 4 saturated carbocycles. The van der Waals surface area contributed by atoms with Crippen molar-refractivity contribution in [3.8, 4) is 17.0 Å². The summed E-state index contributed by atoms with van der Waals surface area (Å²) in [4.78, 5) is 19.6. The Morgan fingerprint density at radius 2 is 1.76 bits per heavy atom. The molecule has 0 radical (unpaired) electrons. The summed E-state index contributed by atoms with van der Waals surface area (Å²) >= 11 is 8.49. The average molecular weight is 493 g/mol. The van der Waals surface area contributed by atoms with E-state index in [9.17, 15) is 4.79 Å². The lowest BCUT2D eigenvalue weighted by Gasteiger charge is -2.60. The number of ether oxygens (including phenoxy) is 1. The zero-order valence-corrected chi connectivity index (χ0v) is 20.9. The van der Waals surface area contributed by atoms with Crippen LogP contribution in [0, 0.1) is 17.8 Å². The normalized spacial score (nSPS) is 32.2. The molecule has 176 valence electrons. The summed E-state index contributed by atoms with van der Waals surface area (Å²) in [6, 6.07) is 14.2. The van der Waals surface area contributed by atoms with Crippen LogP contribution in [0.1, 0.15) is 49.5 Å². The van der Waals surface area contributed by atoms with Gasteiger partial charge in [0.2, 0.25) is 5.91 Å². The third kappa shape index (κ3) is 3.09. The lowest BCUT2D eigenvalue weighted by molar-refractivity contribution is -0.148. The van der Waals surface area contributed by atoms with Crippen LogP contribution < -0.4 is 4.74 Å². The van der Waals surface area contributed by atoms with Crippen LogP contribution in [-0.4, -0.2) is 34.2 Å². The zero-order chi connectivity index (χ0) is 23.0. The number of rotatable bonds is 4. The number of nitrogens with one attached hydrogen (secondary N) is 1. The SMILES string of the molecule is COc1ccc2[nH]c(-c3ccccc3Cl)c(C3SCC(=O)N3C34CC5CC(CC(C5)C3)C4)c2c1. The molecular weight excluding hydrogens is 464 g/mol. The van der Waals surface area contributed by atoms with E-state index in [-0.39, 0.29) is 10.9 Å². The van der Waals surface area contributed by atoms with Crippen molar-refractivity contribution in [1.82, 2.24) is 9.88 Å². The van der Waals surface area contributed by atoms with Crippen LogP contribution in [0.3, 0.4) is 0 Å². The first-order chi connectivity index (χ1) is 16.5. The van der Waals surface area contributed by atoms with E-state index in [4.69, 9.17) is 16.3 Å². The van der Waals surface area contributed by atoms with Gasteiger partial charge in [0.1, 0.15) is 11.1 Å². The van der Waals surface area contributed by atoms with Gasteiger partial charge in [-0.3, -0.25) is 4.79 Å². The average Bonchev–Trinajstić information content (AvgIpc) is 3.38. The predicted molar refractivity (Wildman–Crippen MR) is 138 cm³/mol. The molecule has 5 aliphatic rings. The molecule has 4 bridgehead atoms. The summed E-state index contributed by atoms with van der Waals surface area (Å²) in [5.74, 6) is 4.04. The molecule has 1 saturated heterocycles. The molecule has 6 heteroatoms. The lowest BCUT2D eigenvalue weighted by Crippen LogP contribution is -2.60. The molecule has 1 aliphatic heterocycles. The van der Waals surface area contributed by atoms with Crippen molar-refractivity contribution >= 4 is 40.2 Å². The Balaban J connectivity index is 1.42. The number of carbonyl (C=O) groups excluding carboxylic acids is 1. The van der Waals surface area contributed by atoms with Crippen molar-refractivity contribution in [3.05, 3.63) is 53.1 Å². The topological polar surface area (TPSA) is 45.3 Å². The van der Waals surface area contributed by atoms with Crippen molar-refractivity contribution in [1.29, 1.82) is 0 Å². The van der Waals surface area contributed by atoms with Crippen LogP contribution in [0.25, 0.3) is 22.2 Å². The number of hydrogen-bond donors (Lipinski definition) is 1. The zero-order valence-electron chi connectivity index (χ0n) is 19.4. The van der Waals surface area contributed by atoms with Gasteiger partial charge in [0.05, 0.1) is 18.6 Å². The summed E-state index contributed by atoms with van der Waals surface area (Å²) in [7, 11) is 1.71. The molecule has 1 amide bonds. The number of hydrogen-bond acceptors (Lipinski definition) is 3. The number of aromatic nitrogens is 1. The molecule has 0 spiro atoms. The van der Waals surface area contributed by atoms with E-state index in [1.165, 1.54) is 44.1 Å². The van der Waals surface area contributed by atoms with Crippen LogP contribution in [0.4, 0.5) is 0 Å². The maximum absolute atomic E-state index is 13.6. The van der Waals surface area contributed by atoms with Crippen molar-refractivity contribution in [2.45, 2.75) is 49.4 Å². The number of carbonyl (C=O) groups is 1. The summed E-state index contributed by atoms with van der Waals surface area (Å²) in [5.41, 5.74) is 4.25. The Bertz CT molecular complexity index is 1270. The van der Waals surface area contributed by atoms with E-state index >= 15 is 0 Å². The quantitative estimate of drug-likeness (QED) is 0.424. The summed E-state index contributed by atoms with van der Waals surface area (Å²) in [6.07, 6.45) is 7.63. The summed E-state index contributed by atoms with van der Waals surface area (Å²) < 4.78 is 5.60. The minimum Gasteiger partial charge on any atom is -0.497 e. The molecule has 8 rings (SSSR count). The number of H-pyrrole nitrogens is 1. The van der Waals surface area contributed by atoms with E-state index in [1.807, 2.05) is 24.3 Å². The number of aromatic amines is 1. The van der Waals surface area contributed by atoms with Gasteiger partial charge in [-0.05, 0) is 80.5 Å². The molecule has 4 aliphatic carbocycles. The van der Waals surface area contributed by atoms with E-state index in [0.29, 0.717) is 11.7 Å². The van der Waals surface area contributed by atoms with Gasteiger partial charge in [0, 0.05) is 32.6 Å². The second kappa shape index (κ2) is 7.69. The van der Waals surface area contributed by atoms with Gasteiger partial charge in [-0.25, -0.2) is 0 Å². The first kappa shape index (κ1) is 21.2. The number of nitrogens with zero attached hydrogens (tertiary/aromatic N) is 1. The lowest BCUT2D eigenvalue weighted by atomic mass is 9.52. The maximum Gasteiger partial charge on any atom is 0.234 e. The monoisotopic (exact) mass is 492 g/mol. The molecule has 1 unspecified atom stereocenters. The van der Waals surface area contributed by atoms with Crippen LogP contribution >= 0.6 is 23.4 Å². The van der Waals surface area contributed by atoms with Gasteiger partial charge < -0.3 is 14.6 Å². The van der Waals surface area contributed by atoms with Crippen molar-refractivity contribution < 1.29 is 9.53 Å². The Morgan fingerprint density at radius 3 is 2.44 bits per heavy atom. The van der Waals surface area contributed by atoms with E-state index in [1.54, 1.807) is 18.9 Å². The number of thioether (sulfide) groups is 1. The third-order valence-electron chi connectivity index (χ3n) is 8.82. The van der Waals surface area contributed by atoms with Crippen molar-refractivity contribution in [2.75, 3.05) is 12.9 Å². The fourth-order valence-electron chi connectivity index (χ4n) is 7.96. The van der Waals surface area contributed by atoms with Crippen LogP contribution in [0.2, 0.25) is 5.02 Å². The first-order valence-corrected chi connectivity index (χ1v) is 13.9. The van der Waals surface area contributed by atoms with Gasteiger partial charge in [-0.2, -0.15) is 0 Å². The molecule has 4 nitrogen and oxygen atoms in total. The third-order valence-corrected chi connectivity index (χ3v) is 10.3. The number of benzene rings is 2. The van der Waals surface area contributed by atoms with E-state index < -0.39 is 0 Å². The molecule has 34 heavy (non-hydrogen) atoms.